The van der Waals surface area contributed by atoms with Crippen LogP contribution in [-0.4, -0.2) is 0 Å². The van der Waals surface area contributed by atoms with Gasteiger partial charge in [-0.2, -0.15) is 0 Å². The van der Waals surface area contributed by atoms with Crippen molar-refractivity contribution < 1.29 is 0 Å². The van der Waals surface area contributed by atoms with Crippen LogP contribution in [0.15, 0.2) is 18.2 Å². The minimum atomic E-state index is -1.42. The maximum atomic E-state index is 6.13. The summed E-state index contributed by atoms with van der Waals surface area (Å²) in [4.78, 5) is 0. The van der Waals surface area contributed by atoms with Gasteiger partial charge in [0, 0.05) is 0 Å². The number of anilines is 1. The molecule has 0 aliphatic rings. The normalized spacial score (nSPS) is 12.0. The van der Waals surface area contributed by atoms with E-state index in [1.165, 1.54) is 11.1 Å². The third-order valence-electron chi connectivity index (χ3n) is 2.83. The van der Waals surface area contributed by atoms with Gasteiger partial charge in [0.2, 0.25) is 0 Å². The first-order valence-electron chi connectivity index (χ1n) is 5.93. The zero-order chi connectivity index (χ0) is 14.7. The Hall–Kier alpha value is 1.04. The van der Waals surface area contributed by atoms with Gasteiger partial charge in [-0.05, 0) is 23.0 Å². The Morgan fingerprint density at radius 2 is 1.21 bits per heavy atom. The summed E-state index contributed by atoms with van der Waals surface area (Å²) in [5, 5.41) is 0. The van der Waals surface area contributed by atoms with Gasteiger partial charge in [-0.15, -0.1) is 0 Å². The van der Waals surface area contributed by atoms with Gasteiger partial charge in [0.15, 0.2) is 13.6 Å². The average Bonchev–Trinajstić information content (AvgIpc) is 2.27. The van der Waals surface area contributed by atoms with E-state index in [2.05, 4.69) is 45.9 Å². The number of halogens is 4. The number of para-hydroxylation sites is 1. The van der Waals surface area contributed by atoms with Crippen LogP contribution in [-0.2, 0) is 0 Å². The van der Waals surface area contributed by atoms with E-state index in [4.69, 9.17) is 45.0 Å². The van der Waals surface area contributed by atoms with E-state index in [9.17, 15) is 0 Å². The Balaban J connectivity index is 3.51. The van der Waals surface area contributed by atoms with E-state index in [1.807, 2.05) is 0 Å². The number of benzene rings is 1. The molecule has 0 fully saturated rings. The monoisotopic (exact) mass is 377 g/mol. The first kappa shape index (κ1) is 18.1. The molecule has 0 saturated carbocycles. The molecule has 19 heavy (non-hydrogen) atoms. The van der Waals surface area contributed by atoms with Gasteiger partial charge >= 0.3 is 0 Å². The zero-order valence-electron chi connectivity index (χ0n) is 11.2. The highest BCUT2D eigenvalue weighted by molar-refractivity contribution is 8.18. The molecule has 0 heterocycles. The van der Waals surface area contributed by atoms with Crippen molar-refractivity contribution >= 4 is 64.2 Å². The van der Waals surface area contributed by atoms with Crippen molar-refractivity contribution in [2.45, 2.75) is 39.5 Å². The van der Waals surface area contributed by atoms with Gasteiger partial charge in [-0.1, -0.05) is 90.9 Å². The lowest BCUT2D eigenvalue weighted by Crippen LogP contribution is -2.10. The van der Waals surface area contributed by atoms with E-state index in [0.717, 1.165) is 5.69 Å². The van der Waals surface area contributed by atoms with Crippen LogP contribution in [0.25, 0.3) is 0 Å². The standard InChI is InChI=1S/C12H17Cl4NP2/c1-8(2)10-6-5-7-11(9(3)4)12(10)17(18(13)14)19(15)16/h5-9H,1-4H3. The van der Waals surface area contributed by atoms with Crippen molar-refractivity contribution in [1.82, 2.24) is 0 Å². The van der Waals surface area contributed by atoms with Crippen molar-refractivity contribution in [1.29, 1.82) is 0 Å². The Labute approximate surface area is 137 Å². The highest BCUT2D eigenvalue weighted by Crippen LogP contribution is 2.69. The smallest absolute Gasteiger partial charge is 0.192 e. The zero-order valence-corrected chi connectivity index (χ0v) is 16.1. The van der Waals surface area contributed by atoms with Gasteiger partial charge in [0.05, 0.1) is 5.69 Å². The van der Waals surface area contributed by atoms with Crippen molar-refractivity contribution in [3.8, 4) is 0 Å². The van der Waals surface area contributed by atoms with Gasteiger partial charge in [-0.25, -0.2) is 0 Å². The van der Waals surface area contributed by atoms with E-state index in [0.29, 0.717) is 11.8 Å². The van der Waals surface area contributed by atoms with Gasteiger partial charge in [0.1, 0.15) is 0 Å². The third-order valence-corrected chi connectivity index (χ3v) is 7.95. The summed E-state index contributed by atoms with van der Waals surface area (Å²) < 4.78 is 1.77. The minimum Gasteiger partial charge on any atom is -0.278 e. The second-order valence-corrected chi connectivity index (χ2v) is 11.7. The molecule has 0 N–H and O–H groups in total. The van der Waals surface area contributed by atoms with Gasteiger partial charge in [0.25, 0.3) is 0 Å². The molecule has 108 valence electrons. The fourth-order valence-corrected chi connectivity index (χ4v) is 7.71. The summed E-state index contributed by atoms with van der Waals surface area (Å²) in [6.07, 6.45) is 0. The van der Waals surface area contributed by atoms with Crippen LogP contribution in [0.5, 0.6) is 0 Å². The van der Waals surface area contributed by atoms with Crippen LogP contribution in [0.1, 0.15) is 50.7 Å². The Morgan fingerprint density at radius 3 is 1.47 bits per heavy atom. The van der Waals surface area contributed by atoms with E-state index in [-0.39, 0.29) is 0 Å². The Kier molecular flexibility index (Phi) is 7.50. The predicted octanol–water partition coefficient (Wildman–Crippen LogP) is 8.15. The van der Waals surface area contributed by atoms with Crippen molar-refractivity contribution in [3.63, 3.8) is 0 Å². The van der Waals surface area contributed by atoms with E-state index < -0.39 is 13.6 Å². The Morgan fingerprint density at radius 1 is 0.842 bits per heavy atom. The molecule has 0 spiro atoms. The lowest BCUT2D eigenvalue weighted by Gasteiger charge is -2.31. The summed E-state index contributed by atoms with van der Waals surface area (Å²) in [6.45, 7) is 5.70. The molecular weight excluding hydrogens is 362 g/mol. The molecule has 0 aromatic heterocycles. The fourth-order valence-electron chi connectivity index (χ4n) is 1.94. The summed E-state index contributed by atoms with van der Waals surface area (Å²) in [5.41, 5.74) is 3.35. The molecule has 0 saturated heterocycles. The number of hydrogen-bond acceptors (Lipinski definition) is 1. The molecule has 0 aliphatic heterocycles. The quantitative estimate of drug-likeness (QED) is 0.467. The summed E-state index contributed by atoms with van der Waals surface area (Å²) in [5.74, 6) is 0.700. The molecular formula is C12H17Cl4NP2. The number of hydrogen-bond donors (Lipinski definition) is 0. The molecule has 1 nitrogen and oxygen atoms in total. The molecule has 0 amide bonds. The lowest BCUT2D eigenvalue weighted by atomic mass is 9.93. The molecule has 1 aromatic carbocycles. The second-order valence-electron chi connectivity index (χ2n) is 4.81. The average molecular weight is 379 g/mol. The summed E-state index contributed by atoms with van der Waals surface area (Å²) in [6, 6.07) is 6.22. The molecule has 0 radical (unpaired) electrons. The predicted molar refractivity (Wildman–Crippen MR) is 94.4 cm³/mol. The molecule has 1 rings (SSSR count). The molecule has 1 aromatic rings. The van der Waals surface area contributed by atoms with E-state index in [1.54, 1.807) is 4.44 Å². The number of nitrogens with zero attached hydrogens (tertiary/aromatic N) is 1. The summed E-state index contributed by atoms with van der Waals surface area (Å²) in [7, 11) is 0. The maximum Gasteiger partial charge on any atom is 0.192 e. The molecule has 0 aliphatic carbocycles. The minimum absolute atomic E-state index is 0.350. The topological polar surface area (TPSA) is 3.24 Å². The molecule has 0 unspecified atom stereocenters. The number of rotatable bonds is 5. The SMILES string of the molecule is CC(C)c1cccc(C(C)C)c1N(P(Cl)Cl)P(Cl)Cl. The fraction of sp³-hybridized carbons (Fsp3) is 0.500. The molecule has 0 atom stereocenters. The van der Waals surface area contributed by atoms with Crippen molar-refractivity contribution in [2.24, 2.45) is 0 Å². The van der Waals surface area contributed by atoms with Crippen LogP contribution < -0.4 is 4.44 Å². The maximum absolute atomic E-state index is 6.13. The van der Waals surface area contributed by atoms with Crippen LogP contribution in [0.2, 0.25) is 0 Å². The van der Waals surface area contributed by atoms with Gasteiger partial charge in [-0.3, -0.25) is 4.44 Å². The van der Waals surface area contributed by atoms with E-state index >= 15 is 0 Å². The Bertz CT molecular complexity index is 390. The first-order chi connectivity index (χ1) is 8.77. The van der Waals surface area contributed by atoms with Crippen LogP contribution in [0, 0.1) is 0 Å². The van der Waals surface area contributed by atoms with Crippen LogP contribution in [0.4, 0.5) is 5.69 Å². The van der Waals surface area contributed by atoms with Crippen LogP contribution >= 0.6 is 58.5 Å². The largest absolute Gasteiger partial charge is 0.278 e. The first-order valence-corrected chi connectivity index (χ1v) is 12.1. The van der Waals surface area contributed by atoms with Gasteiger partial charge < -0.3 is 0 Å². The lowest BCUT2D eigenvalue weighted by molar-refractivity contribution is 0.837. The van der Waals surface area contributed by atoms with Crippen molar-refractivity contribution in [3.05, 3.63) is 29.3 Å². The van der Waals surface area contributed by atoms with Crippen LogP contribution in [0.3, 0.4) is 0 Å². The molecule has 7 heteroatoms. The second kappa shape index (κ2) is 7.88. The van der Waals surface area contributed by atoms with Crippen molar-refractivity contribution in [2.75, 3.05) is 4.44 Å². The third kappa shape index (κ3) is 4.50. The molecule has 0 bridgehead atoms. The highest BCUT2D eigenvalue weighted by atomic mass is 35.9. The summed E-state index contributed by atoms with van der Waals surface area (Å²) >= 11 is 24.5. The highest BCUT2D eigenvalue weighted by Gasteiger charge is 2.28.